The fourth-order valence-electron chi connectivity index (χ4n) is 2.49. The second-order valence-electron chi connectivity index (χ2n) is 5.29. The van der Waals surface area contributed by atoms with Crippen molar-refractivity contribution in [3.8, 4) is 28.8 Å². The van der Waals surface area contributed by atoms with Gasteiger partial charge < -0.3 is 20.9 Å². The number of hydrogen-bond acceptors (Lipinski definition) is 7. The molecule has 0 amide bonds. The van der Waals surface area contributed by atoms with Gasteiger partial charge in [0.25, 0.3) is 0 Å². The van der Waals surface area contributed by atoms with Crippen molar-refractivity contribution in [3.05, 3.63) is 48.6 Å². The third-order valence-corrected chi connectivity index (χ3v) is 3.48. The van der Waals surface area contributed by atoms with E-state index in [0.29, 0.717) is 42.4 Å². The minimum absolute atomic E-state index is 0.00767. The van der Waals surface area contributed by atoms with Gasteiger partial charge in [0.2, 0.25) is 5.95 Å². The quantitative estimate of drug-likeness (QED) is 0.701. The molecule has 7 heteroatoms. The van der Waals surface area contributed by atoms with Gasteiger partial charge in [0.05, 0.1) is 12.3 Å². The average Bonchev–Trinajstić information content (AvgIpc) is 2.60. The van der Waals surface area contributed by atoms with E-state index in [1.54, 1.807) is 18.2 Å². The molecule has 26 heavy (non-hydrogen) atoms. The van der Waals surface area contributed by atoms with E-state index in [2.05, 4.69) is 23.1 Å². The summed E-state index contributed by atoms with van der Waals surface area (Å²) in [4.78, 5) is 8.04. The summed E-state index contributed by atoms with van der Waals surface area (Å²) in [5.41, 5.74) is 13.5. The van der Waals surface area contributed by atoms with E-state index in [0.717, 1.165) is 5.56 Å². The Kier molecular flexibility index (Phi) is 6.17. The van der Waals surface area contributed by atoms with Gasteiger partial charge in [-0.05, 0) is 25.5 Å². The maximum Gasteiger partial charge on any atom is 0.222 e. The monoisotopic (exact) mass is 351 g/mol. The predicted molar refractivity (Wildman–Crippen MR) is 102 cm³/mol. The van der Waals surface area contributed by atoms with Gasteiger partial charge in [-0.2, -0.15) is 10.2 Å². The SMILES string of the molecule is C=CCOc1c(CC=C)cc(-c2nc(N)nc(N)c2C#N)cc1OCC. The van der Waals surface area contributed by atoms with Crippen LogP contribution in [0, 0.1) is 11.3 Å². The molecule has 1 aromatic carbocycles. The van der Waals surface area contributed by atoms with Crippen LogP contribution in [-0.2, 0) is 6.42 Å². The van der Waals surface area contributed by atoms with Crippen molar-refractivity contribution < 1.29 is 9.47 Å². The summed E-state index contributed by atoms with van der Waals surface area (Å²) < 4.78 is 11.5. The fourth-order valence-corrected chi connectivity index (χ4v) is 2.49. The van der Waals surface area contributed by atoms with Gasteiger partial charge >= 0.3 is 0 Å². The molecule has 1 heterocycles. The highest BCUT2D eigenvalue weighted by Gasteiger charge is 2.19. The van der Waals surface area contributed by atoms with E-state index in [-0.39, 0.29) is 17.3 Å². The van der Waals surface area contributed by atoms with Gasteiger partial charge in [-0.3, -0.25) is 0 Å². The minimum atomic E-state index is -0.00767. The van der Waals surface area contributed by atoms with Crippen LogP contribution < -0.4 is 20.9 Å². The number of nitriles is 1. The number of nitrogens with zero attached hydrogens (tertiary/aromatic N) is 3. The van der Waals surface area contributed by atoms with Gasteiger partial charge in [0, 0.05) is 11.1 Å². The van der Waals surface area contributed by atoms with Gasteiger partial charge in [0.15, 0.2) is 11.5 Å². The van der Waals surface area contributed by atoms with E-state index in [1.807, 2.05) is 19.1 Å². The Bertz CT molecular complexity index is 871. The maximum atomic E-state index is 9.43. The molecule has 7 nitrogen and oxygen atoms in total. The Morgan fingerprint density at radius 2 is 1.96 bits per heavy atom. The van der Waals surface area contributed by atoms with Crippen molar-refractivity contribution in [1.82, 2.24) is 9.97 Å². The molecule has 0 atom stereocenters. The van der Waals surface area contributed by atoms with Crippen LogP contribution in [0.1, 0.15) is 18.1 Å². The summed E-state index contributed by atoms with van der Waals surface area (Å²) in [7, 11) is 0. The molecule has 0 aliphatic carbocycles. The summed E-state index contributed by atoms with van der Waals surface area (Å²) in [5, 5.41) is 9.43. The molecule has 0 saturated heterocycles. The number of benzene rings is 1. The number of ether oxygens (including phenoxy) is 2. The third-order valence-electron chi connectivity index (χ3n) is 3.48. The Hall–Kier alpha value is -3.53. The smallest absolute Gasteiger partial charge is 0.222 e. The van der Waals surface area contributed by atoms with Crippen LogP contribution in [0.25, 0.3) is 11.3 Å². The molecule has 0 aliphatic rings. The number of anilines is 2. The van der Waals surface area contributed by atoms with Crippen molar-refractivity contribution in [2.75, 3.05) is 24.7 Å². The summed E-state index contributed by atoms with van der Waals surface area (Å²) in [5.74, 6) is 1.16. The van der Waals surface area contributed by atoms with E-state index in [1.165, 1.54) is 0 Å². The third kappa shape index (κ3) is 3.92. The van der Waals surface area contributed by atoms with Crippen LogP contribution in [-0.4, -0.2) is 23.2 Å². The standard InChI is InChI=1S/C19H21N5O2/c1-4-7-12-9-13(10-15(25-6-3)17(12)26-8-5-2)16-14(11-20)18(21)24-19(22)23-16/h4-5,9-10H,1-2,6-8H2,3H3,(H4,21,22,23,24). The molecule has 0 spiro atoms. The molecule has 0 radical (unpaired) electrons. The van der Waals surface area contributed by atoms with E-state index in [4.69, 9.17) is 20.9 Å². The van der Waals surface area contributed by atoms with E-state index >= 15 is 0 Å². The molecule has 0 aliphatic heterocycles. The molecule has 4 N–H and O–H groups in total. The molecule has 2 aromatic rings. The molecule has 1 aromatic heterocycles. The highest BCUT2D eigenvalue weighted by molar-refractivity contribution is 5.76. The largest absolute Gasteiger partial charge is 0.490 e. The fraction of sp³-hybridized carbons (Fsp3) is 0.211. The zero-order valence-corrected chi connectivity index (χ0v) is 14.7. The molecular formula is C19H21N5O2. The minimum Gasteiger partial charge on any atom is -0.490 e. The van der Waals surface area contributed by atoms with E-state index < -0.39 is 0 Å². The molecule has 2 rings (SSSR count). The lowest BCUT2D eigenvalue weighted by Crippen LogP contribution is -2.06. The first-order chi connectivity index (χ1) is 12.5. The number of allylic oxidation sites excluding steroid dienone is 1. The van der Waals surface area contributed by atoms with Gasteiger partial charge in [-0.15, -0.1) is 6.58 Å². The molecule has 134 valence electrons. The normalized spacial score (nSPS) is 10.0. The topological polar surface area (TPSA) is 120 Å². The molecule has 0 fully saturated rings. The zero-order chi connectivity index (χ0) is 19.1. The van der Waals surface area contributed by atoms with Crippen molar-refractivity contribution in [1.29, 1.82) is 5.26 Å². The van der Waals surface area contributed by atoms with Crippen LogP contribution in [0.15, 0.2) is 37.4 Å². The van der Waals surface area contributed by atoms with Crippen LogP contribution in [0.5, 0.6) is 11.5 Å². The van der Waals surface area contributed by atoms with Crippen molar-refractivity contribution in [2.24, 2.45) is 0 Å². The summed E-state index contributed by atoms with van der Waals surface area (Å²) in [6, 6.07) is 5.63. The highest BCUT2D eigenvalue weighted by atomic mass is 16.5. The second-order valence-corrected chi connectivity index (χ2v) is 5.29. The number of rotatable bonds is 8. The van der Waals surface area contributed by atoms with Crippen molar-refractivity contribution >= 4 is 11.8 Å². The molecule has 0 saturated carbocycles. The number of hydrogen-bond donors (Lipinski definition) is 2. The van der Waals surface area contributed by atoms with Gasteiger partial charge in [0.1, 0.15) is 24.1 Å². The Morgan fingerprint density at radius 3 is 2.58 bits per heavy atom. The average molecular weight is 351 g/mol. The maximum absolute atomic E-state index is 9.43. The summed E-state index contributed by atoms with van der Waals surface area (Å²) >= 11 is 0. The highest BCUT2D eigenvalue weighted by Crippen LogP contribution is 2.38. The number of nitrogen functional groups attached to an aromatic ring is 2. The first-order valence-corrected chi connectivity index (χ1v) is 8.03. The first-order valence-electron chi connectivity index (χ1n) is 8.03. The van der Waals surface area contributed by atoms with Crippen LogP contribution in [0.2, 0.25) is 0 Å². The molecule has 0 unspecified atom stereocenters. The Morgan fingerprint density at radius 1 is 1.19 bits per heavy atom. The van der Waals surface area contributed by atoms with Gasteiger partial charge in [-0.1, -0.05) is 18.7 Å². The van der Waals surface area contributed by atoms with Crippen molar-refractivity contribution in [2.45, 2.75) is 13.3 Å². The molecular weight excluding hydrogens is 330 g/mol. The molecule has 0 bridgehead atoms. The summed E-state index contributed by atoms with van der Waals surface area (Å²) in [6.45, 7) is 10.1. The Balaban J connectivity index is 2.73. The lowest BCUT2D eigenvalue weighted by atomic mass is 10.0. The van der Waals surface area contributed by atoms with E-state index in [9.17, 15) is 5.26 Å². The van der Waals surface area contributed by atoms with Gasteiger partial charge in [-0.25, -0.2) is 4.98 Å². The van der Waals surface area contributed by atoms with Crippen LogP contribution in [0.4, 0.5) is 11.8 Å². The lowest BCUT2D eigenvalue weighted by Gasteiger charge is -2.17. The van der Waals surface area contributed by atoms with Crippen LogP contribution in [0.3, 0.4) is 0 Å². The first kappa shape index (κ1) is 18.8. The van der Waals surface area contributed by atoms with Crippen LogP contribution >= 0.6 is 0 Å². The lowest BCUT2D eigenvalue weighted by molar-refractivity contribution is 0.295. The Labute approximate surface area is 152 Å². The second kappa shape index (κ2) is 8.53. The number of aromatic nitrogens is 2. The van der Waals surface area contributed by atoms with Crippen molar-refractivity contribution in [3.63, 3.8) is 0 Å². The predicted octanol–water partition coefficient (Wildman–Crippen LogP) is 2.87. The summed E-state index contributed by atoms with van der Waals surface area (Å²) in [6.07, 6.45) is 3.95. The zero-order valence-electron chi connectivity index (χ0n) is 14.7. The number of nitrogens with two attached hydrogens (primary N) is 2.